The molecule has 0 spiro atoms. The maximum atomic E-state index is 13.2. The largest absolute Gasteiger partial charge is 0.326 e. The summed E-state index contributed by atoms with van der Waals surface area (Å²) in [5.41, 5.74) is 2.94. The van der Waals surface area contributed by atoms with E-state index in [-0.39, 0.29) is 17.5 Å². The third-order valence-electron chi connectivity index (χ3n) is 4.58. The van der Waals surface area contributed by atoms with E-state index in [1.54, 1.807) is 16.8 Å². The third-order valence-corrected chi connectivity index (χ3v) is 5.54. The van der Waals surface area contributed by atoms with Crippen LogP contribution in [0.3, 0.4) is 0 Å². The summed E-state index contributed by atoms with van der Waals surface area (Å²) in [5, 5.41) is 24.3. The third kappa shape index (κ3) is 4.46. The van der Waals surface area contributed by atoms with Gasteiger partial charge in [-0.25, -0.2) is 9.07 Å². The molecule has 0 radical (unpaired) electrons. The highest BCUT2D eigenvalue weighted by molar-refractivity contribution is 7.99. The predicted molar refractivity (Wildman–Crippen MR) is 107 cm³/mol. The number of rotatable bonds is 7. The number of nitriles is 1. The number of aromatic nitrogens is 5. The van der Waals surface area contributed by atoms with Crippen molar-refractivity contribution in [3.05, 3.63) is 52.5 Å². The molecule has 2 heterocycles. The van der Waals surface area contributed by atoms with Crippen molar-refractivity contribution in [3.63, 3.8) is 0 Å². The van der Waals surface area contributed by atoms with E-state index in [0.717, 1.165) is 16.8 Å². The van der Waals surface area contributed by atoms with Gasteiger partial charge in [0.2, 0.25) is 11.1 Å². The molecule has 1 N–H and O–H groups in total. The zero-order valence-electron chi connectivity index (χ0n) is 16.3. The Labute approximate surface area is 171 Å². The fourth-order valence-electron chi connectivity index (χ4n) is 2.90. The van der Waals surface area contributed by atoms with Gasteiger partial charge < -0.3 is 9.88 Å². The van der Waals surface area contributed by atoms with Gasteiger partial charge in [-0.15, -0.1) is 5.10 Å². The van der Waals surface area contributed by atoms with Gasteiger partial charge in [0.1, 0.15) is 17.7 Å². The predicted octanol–water partition coefficient (Wildman–Crippen LogP) is 2.90. The Morgan fingerprint density at radius 1 is 1.31 bits per heavy atom. The molecule has 150 valence electrons. The highest BCUT2D eigenvalue weighted by Crippen LogP contribution is 2.28. The molecule has 3 aromatic rings. The minimum atomic E-state index is -0.313. The van der Waals surface area contributed by atoms with Gasteiger partial charge in [0.25, 0.3) is 0 Å². The number of nitrogens with one attached hydrogen (secondary N) is 1. The second-order valence-corrected chi connectivity index (χ2v) is 7.32. The molecule has 1 amide bonds. The first kappa shape index (κ1) is 20.5. The van der Waals surface area contributed by atoms with E-state index in [9.17, 15) is 14.4 Å². The number of anilines is 1. The zero-order valence-corrected chi connectivity index (χ0v) is 17.1. The first-order chi connectivity index (χ1) is 13.9. The Morgan fingerprint density at radius 2 is 2.03 bits per heavy atom. The Kier molecular flexibility index (Phi) is 6.29. The number of halogens is 1. The molecular formula is C19H20FN7OS. The number of carbonyl (C=O) groups is 1. The van der Waals surface area contributed by atoms with E-state index in [1.807, 2.05) is 25.3 Å². The van der Waals surface area contributed by atoms with Crippen LogP contribution in [0.4, 0.5) is 10.2 Å². The number of nitrogens with zero attached hydrogens (tertiary/aromatic N) is 6. The van der Waals surface area contributed by atoms with E-state index >= 15 is 0 Å². The number of tetrazole rings is 1. The van der Waals surface area contributed by atoms with Gasteiger partial charge in [-0.1, -0.05) is 23.9 Å². The average molecular weight is 413 g/mol. The topological polar surface area (TPSA) is 101 Å². The van der Waals surface area contributed by atoms with Crippen LogP contribution in [0.5, 0.6) is 0 Å². The molecule has 10 heteroatoms. The summed E-state index contributed by atoms with van der Waals surface area (Å²) in [7, 11) is 0. The standard InChI is InChI=1S/C19H20FN7OS/c1-4-27-19(23-24-25-27)29-11-17(28)22-18-16(9-21)12(2)13(3)26(18)10-14-5-7-15(20)8-6-14/h5-8H,4,10-11H2,1-3H3,(H,22,28). The van der Waals surface area contributed by atoms with Crippen LogP contribution in [0.2, 0.25) is 0 Å². The molecule has 0 aliphatic carbocycles. The van der Waals surface area contributed by atoms with Crippen molar-refractivity contribution in [2.24, 2.45) is 0 Å². The Hall–Kier alpha value is -3.19. The summed E-state index contributed by atoms with van der Waals surface area (Å²) in [4.78, 5) is 12.6. The first-order valence-electron chi connectivity index (χ1n) is 8.97. The second kappa shape index (κ2) is 8.87. The van der Waals surface area contributed by atoms with Crippen molar-refractivity contribution in [1.82, 2.24) is 24.8 Å². The fourth-order valence-corrected chi connectivity index (χ4v) is 3.64. The lowest BCUT2D eigenvalue weighted by Crippen LogP contribution is -2.19. The van der Waals surface area contributed by atoms with Crippen LogP contribution in [0.15, 0.2) is 29.4 Å². The normalized spacial score (nSPS) is 10.7. The van der Waals surface area contributed by atoms with Gasteiger partial charge in [0, 0.05) is 18.8 Å². The van der Waals surface area contributed by atoms with Crippen LogP contribution in [0, 0.1) is 31.0 Å². The van der Waals surface area contributed by atoms with Gasteiger partial charge in [0.05, 0.1) is 11.3 Å². The summed E-state index contributed by atoms with van der Waals surface area (Å²) >= 11 is 1.22. The molecule has 0 saturated carbocycles. The lowest BCUT2D eigenvalue weighted by molar-refractivity contribution is -0.113. The van der Waals surface area contributed by atoms with Crippen molar-refractivity contribution in [2.45, 2.75) is 39.0 Å². The minimum absolute atomic E-state index is 0.102. The molecule has 0 aliphatic heterocycles. The van der Waals surface area contributed by atoms with Crippen LogP contribution >= 0.6 is 11.8 Å². The molecule has 8 nitrogen and oxygen atoms in total. The number of hydrogen-bond acceptors (Lipinski definition) is 6. The SMILES string of the molecule is CCn1nnnc1SCC(=O)Nc1c(C#N)c(C)c(C)n1Cc1ccc(F)cc1. The zero-order chi connectivity index (χ0) is 21.0. The molecule has 3 rings (SSSR count). The van der Waals surface area contributed by atoms with Crippen LogP contribution in [-0.4, -0.2) is 36.4 Å². The fraction of sp³-hybridized carbons (Fsp3) is 0.316. The number of amides is 1. The van der Waals surface area contributed by atoms with Crippen molar-refractivity contribution in [3.8, 4) is 6.07 Å². The molecule has 2 aromatic heterocycles. The smallest absolute Gasteiger partial charge is 0.235 e. The Bertz CT molecular complexity index is 1070. The summed E-state index contributed by atoms with van der Waals surface area (Å²) in [6, 6.07) is 8.32. The number of carbonyl (C=O) groups excluding carboxylic acids is 1. The molecule has 1 aromatic carbocycles. The van der Waals surface area contributed by atoms with Crippen LogP contribution in [0.1, 0.15) is 29.3 Å². The van der Waals surface area contributed by atoms with Crippen molar-refractivity contribution in [1.29, 1.82) is 5.26 Å². The van der Waals surface area contributed by atoms with Gasteiger partial charge in [0.15, 0.2) is 0 Å². The van der Waals surface area contributed by atoms with Crippen LogP contribution in [0.25, 0.3) is 0 Å². The summed E-state index contributed by atoms with van der Waals surface area (Å²) in [5.74, 6) is -0.0419. The highest BCUT2D eigenvalue weighted by atomic mass is 32.2. The van der Waals surface area contributed by atoms with Crippen molar-refractivity contribution >= 4 is 23.5 Å². The number of benzene rings is 1. The maximum Gasteiger partial charge on any atom is 0.235 e. The Morgan fingerprint density at radius 3 is 2.69 bits per heavy atom. The van der Waals surface area contributed by atoms with Gasteiger partial charge in [-0.05, 0) is 54.5 Å². The molecule has 0 atom stereocenters. The van der Waals surface area contributed by atoms with E-state index < -0.39 is 0 Å². The minimum Gasteiger partial charge on any atom is -0.326 e. The molecule has 29 heavy (non-hydrogen) atoms. The van der Waals surface area contributed by atoms with Crippen LogP contribution in [-0.2, 0) is 17.9 Å². The lowest BCUT2D eigenvalue weighted by Gasteiger charge is -2.13. The highest BCUT2D eigenvalue weighted by Gasteiger charge is 2.20. The van der Waals surface area contributed by atoms with Gasteiger partial charge in [-0.3, -0.25) is 4.79 Å². The summed E-state index contributed by atoms with van der Waals surface area (Å²) in [6.07, 6.45) is 0. The van der Waals surface area contributed by atoms with E-state index in [0.29, 0.717) is 29.6 Å². The van der Waals surface area contributed by atoms with E-state index in [1.165, 1.54) is 23.9 Å². The number of aryl methyl sites for hydroxylation is 1. The molecule has 0 saturated heterocycles. The molecular weight excluding hydrogens is 393 g/mol. The quantitative estimate of drug-likeness (QED) is 0.598. The number of hydrogen-bond donors (Lipinski definition) is 1. The Balaban J connectivity index is 1.81. The molecule has 0 unspecified atom stereocenters. The average Bonchev–Trinajstić information content (AvgIpc) is 3.26. The van der Waals surface area contributed by atoms with Crippen molar-refractivity contribution in [2.75, 3.05) is 11.1 Å². The second-order valence-electron chi connectivity index (χ2n) is 6.37. The maximum absolute atomic E-state index is 13.2. The van der Waals surface area contributed by atoms with Gasteiger partial charge >= 0.3 is 0 Å². The molecule has 0 fully saturated rings. The first-order valence-corrected chi connectivity index (χ1v) is 9.96. The van der Waals surface area contributed by atoms with Crippen LogP contribution < -0.4 is 5.32 Å². The molecule has 0 bridgehead atoms. The summed E-state index contributed by atoms with van der Waals surface area (Å²) in [6.45, 7) is 6.65. The summed E-state index contributed by atoms with van der Waals surface area (Å²) < 4.78 is 16.7. The van der Waals surface area contributed by atoms with Gasteiger partial charge in [-0.2, -0.15) is 5.26 Å². The van der Waals surface area contributed by atoms with E-state index in [4.69, 9.17) is 0 Å². The van der Waals surface area contributed by atoms with Crippen molar-refractivity contribution < 1.29 is 9.18 Å². The number of thioether (sulfide) groups is 1. The van der Waals surface area contributed by atoms with E-state index in [2.05, 4.69) is 26.9 Å². The molecule has 0 aliphatic rings. The monoisotopic (exact) mass is 413 g/mol. The lowest BCUT2D eigenvalue weighted by atomic mass is 10.2.